The highest BCUT2D eigenvalue weighted by Gasteiger charge is 2.48. The topological polar surface area (TPSA) is 8.17 Å². The number of benzene rings is 11. The lowest BCUT2D eigenvalue weighted by molar-refractivity contribution is 0.660. The van der Waals surface area contributed by atoms with E-state index >= 15 is 0 Å². The highest BCUT2D eigenvalue weighted by atomic mass is 15.1. The lowest BCUT2D eigenvalue weighted by Gasteiger charge is -2.35. The Labute approximate surface area is 409 Å². The maximum Gasteiger partial charge on any atom is 0.0715 e. The Hall–Kier alpha value is -8.72. The Balaban J connectivity index is 1.04. The molecule has 1 heterocycles. The average molecular weight is 893 g/mol. The molecule has 0 N–H and O–H groups in total. The van der Waals surface area contributed by atoms with Gasteiger partial charge in [-0.1, -0.05) is 214 Å². The van der Waals surface area contributed by atoms with Crippen LogP contribution >= 0.6 is 0 Å². The second-order valence-corrected chi connectivity index (χ2v) is 19.6. The molecule has 0 saturated heterocycles. The fourth-order valence-corrected chi connectivity index (χ4v) is 12.6. The van der Waals surface area contributed by atoms with E-state index in [0.717, 1.165) is 17.1 Å². The van der Waals surface area contributed by atoms with Gasteiger partial charge in [0.25, 0.3) is 0 Å². The van der Waals surface area contributed by atoms with Gasteiger partial charge in [-0.05, 0) is 127 Å². The quantitative estimate of drug-likeness (QED) is 0.155. The number of fused-ring (bicyclic) bond motifs is 10. The Kier molecular flexibility index (Phi) is 8.88. The van der Waals surface area contributed by atoms with Crippen molar-refractivity contribution >= 4 is 49.6 Å². The minimum absolute atomic E-state index is 0.162. The molecule has 0 spiro atoms. The Morgan fingerprint density at radius 1 is 0.343 bits per heavy atom. The molecule has 330 valence electrons. The van der Waals surface area contributed by atoms with Crippen LogP contribution in [0.25, 0.3) is 71.6 Å². The maximum atomic E-state index is 2.51. The average Bonchev–Trinajstić information content (AvgIpc) is 4.00. The lowest BCUT2D eigenvalue weighted by Crippen LogP contribution is -2.28. The first-order chi connectivity index (χ1) is 34.5. The molecule has 0 amide bonds. The van der Waals surface area contributed by atoms with Crippen LogP contribution in [-0.2, 0) is 10.8 Å². The predicted octanol–water partition coefficient (Wildman–Crippen LogP) is 17.7. The molecular formula is C68H48N2. The van der Waals surface area contributed by atoms with E-state index < -0.39 is 5.41 Å². The molecule has 2 heteroatoms. The van der Waals surface area contributed by atoms with E-state index in [1.54, 1.807) is 0 Å². The summed E-state index contributed by atoms with van der Waals surface area (Å²) in [5.74, 6) is 0. The van der Waals surface area contributed by atoms with Gasteiger partial charge in [-0.3, -0.25) is 0 Å². The molecule has 2 aliphatic carbocycles. The Morgan fingerprint density at radius 3 is 1.54 bits per heavy atom. The standard InChI is InChI=1S/C68H48N2/c1-67(2)59-30-14-11-26-54(59)55-41-39-50(43-61(55)67)69(49-37-35-46(36-38-49)53-29-17-20-45-19-9-10-25-52(45)53)51-40-42-58-62(44-51)68(47-21-5-3-6-22-47,48-23-7-4-8-24-48)60-31-18-34-65(66(58)60)70-63-32-15-12-27-56(63)57-28-13-16-33-64(57)70/h3-44H,1-2H3. The maximum absolute atomic E-state index is 2.51. The van der Waals surface area contributed by atoms with Gasteiger partial charge in [-0.15, -0.1) is 0 Å². The van der Waals surface area contributed by atoms with Gasteiger partial charge >= 0.3 is 0 Å². The summed E-state index contributed by atoms with van der Waals surface area (Å²) < 4.78 is 2.50. The molecule has 0 bridgehead atoms. The number of hydrogen-bond donors (Lipinski definition) is 0. The minimum atomic E-state index is -0.635. The van der Waals surface area contributed by atoms with Crippen molar-refractivity contribution < 1.29 is 0 Å². The van der Waals surface area contributed by atoms with Crippen molar-refractivity contribution in [3.8, 4) is 39.1 Å². The zero-order valence-electron chi connectivity index (χ0n) is 39.1. The summed E-state index contributed by atoms with van der Waals surface area (Å²) in [5.41, 5.74) is 21.4. The summed E-state index contributed by atoms with van der Waals surface area (Å²) in [4.78, 5) is 2.49. The van der Waals surface area contributed by atoms with Crippen molar-refractivity contribution in [3.63, 3.8) is 0 Å². The van der Waals surface area contributed by atoms with Crippen LogP contribution in [0.5, 0.6) is 0 Å². The normalized spacial score (nSPS) is 13.8. The summed E-state index contributed by atoms with van der Waals surface area (Å²) >= 11 is 0. The molecule has 14 rings (SSSR count). The molecule has 0 fully saturated rings. The molecule has 0 aliphatic heterocycles. The summed E-state index contributed by atoms with van der Waals surface area (Å²) in [7, 11) is 0. The summed E-state index contributed by atoms with van der Waals surface area (Å²) in [5, 5.41) is 5.01. The van der Waals surface area contributed by atoms with Crippen molar-refractivity contribution in [1.82, 2.24) is 4.57 Å². The fraction of sp³-hybridized carbons (Fsp3) is 0.0588. The molecule has 0 radical (unpaired) electrons. The van der Waals surface area contributed by atoms with Gasteiger partial charge in [0.1, 0.15) is 0 Å². The van der Waals surface area contributed by atoms with Crippen LogP contribution in [0.4, 0.5) is 17.1 Å². The van der Waals surface area contributed by atoms with Crippen molar-refractivity contribution in [2.45, 2.75) is 24.7 Å². The number of para-hydroxylation sites is 2. The zero-order chi connectivity index (χ0) is 46.6. The lowest BCUT2D eigenvalue weighted by atomic mass is 9.67. The second-order valence-electron chi connectivity index (χ2n) is 19.6. The molecule has 11 aromatic carbocycles. The molecule has 0 atom stereocenters. The van der Waals surface area contributed by atoms with Crippen molar-refractivity contribution in [3.05, 3.63) is 288 Å². The van der Waals surface area contributed by atoms with Gasteiger partial charge in [-0.25, -0.2) is 0 Å². The predicted molar refractivity (Wildman–Crippen MR) is 293 cm³/mol. The van der Waals surface area contributed by atoms with Crippen LogP contribution in [0.15, 0.2) is 255 Å². The summed E-state index contributed by atoms with van der Waals surface area (Å²) in [6.07, 6.45) is 0. The molecule has 2 aliphatic rings. The van der Waals surface area contributed by atoms with E-state index in [-0.39, 0.29) is 5.41 Å². The van der Waals surface area contributed by atoms with Crippen LogP contribution in [0.3, 0.4) is 0 Å². The first-order valence-corrected chi connectivity index (χ1v) is 24.5. The number of aromatic nitrogens is 1. The molecule has 0 saturated carbocycles. The Bertz CT molecular complexity index is 3930. The van der Waals surface area contributed by atoms with Crippen LogP contribution in [0.1, 0.15) is 47.2 Å². The van der Waals surface area contributed by atoms with Gasteiger partial charge in [0.15, 0.2) is 0 Å². The number of hydrogen-bond acceptors (Lipinski definition) is 1. The zero-order valence-corrected chi connectivity index (χ0v) is 39.1. The van der Waals surface area contributed by atoms with Crippen molar-refractivity contribution in [2.24, 2.45) is 0 Å². The Morgan fingerprint density at radius 2 is 0.843 bits per heavy atom. The van der Waals surface area contributed by atoms with Crippen LogP contribution in [0, 0.1) is 0 Å². The second kappa shape index (κ2) is 15.4. The molecule has 1 aromatic heterocycles. The van der Waals surface area contributed by atoms with Crippen LogP contribution < -0.4 is 4.90 Å². The van der Waals surface area contributed by atoms with Gasteiger partial charge in [0, 0.05) is 38.8 Å². The van der Waals surface area contributed by atoms with Crippen molar-refractivity contribution in [2.75, 3.05) is 4.90 Å². The van der Waals surface area contributed by atoms with Crippen LogP contribution in [0.2, 0.25) is 0 Å². The van der Waals surface area contributed by atoms with Gasteiger partial charge in [0.05, 0.1) is 22.1 Å². The van der Waals surface area contributed by atoms with E-state index in [1.807, 2.05) is 0 Å². The SMILES string of the molecule is CC1(C)c2ccccc2-c2ccc(N(c3ccc(-c4cccc5ccccc45)cc3)c3ccc4c(c3)C(c3ccccc3)(c3ccccc3)c3cccc(-n5c6ccccc6c6ccccc65)c3-4)cc21. The van der Waals surface area contributed by atoms with Gasteiger partial charge in [0.2, 0.25) is 0 Å². The third-order valence-corrected chi connectivity index (χ3v) is 15.7. The monoisotopic (exact) mass is 892 g/mol. The van der Waals surface area contributed by atoms with E-state index in [2.05, 4.69) is 278 Å². The van der Waals surface area contributed by atoms with E-state index in [1.165, 1.54) is 105 Å². The van der Waals surface area contributed by atoms with E-state index in [0.29, 0.717) is 0 Å². The highest BCUT2D eigenvalue weighted by molar-refractivity contribution is 6.10. The third kappa shape index (κ3) is 5.74. The van der Waals surface area contributed by atoms with E-state index in [4.69, 9.17) is 0 Å². The molecule has 12 aromatic rings. The first kappa shape index (κ1) is 40.4. The third-order valence-electron chi connectivity index (χ3n) is 15.7. The summed E-state index contributed by atoms with van der Waals surface area (Å²) in [6.45, 7) is 4.75. The summed E-state index contributed by atoms with van der Waals surface area (Å²) in [6, 6.07) is 95.0. The molecule has 2 nitrogen and oxygen atoms in total. The minimum Gasteiger partial charge on any atom is -0.310 e. The van der Waals surface area contributed by atoms with Gasteiger partial charge < -0.3 is 9.47 Å². The molecular weight excluding hydrogens is 845 g/mol. The number of anilines is 3. The van der Waals surface area contributed by atoms with Gasteiger partial charge in [-0.2, -0.15) is 0 Å². The number of rotatable bonds is 7. The van der Waals surface area contributed by atoms with E-state index in [9.17, 15) is 0 Å². The van der Waals surface area contributed by atoms with Crippen LogP contribution in [-0.4, -0.2) is 4.57 Å². The fourth-order valence-electron chi connectivity index (χ4n) is 12.6. The van der Waals surface area contributed by atoms with Crippen molar-refractivity contribution in [1.29, 1.82) is 0 Å². The molecule has 0 unspecified atom stereocenters. The first-order valence-electron chi connectivity index (χ1n) is 24.5. The largest absolute Gasteiger partial charge is 0.310 e. The number of nitrogens with zero attached hydrogens (tertiary/aromatic N) is 2. The smallest absolute Gasteiger partial charge is 0.0715 e. The highest BCUT2D eigenvalue weighted by Crippen LogP contribution is 2.59. The molecule has 70 heavy (non-hydrogen) atoms.